The number of hydrogen-bond donors (Lipinski definition) is 1. The van der Waals surface area contributed by atoms with Gasteiger partial charge in [0.25, 0.3) is 0 Å². The summed E-state index contributed by atoms with van der Waals surface area (Å²) < 4.78 is 41.4. The Morgan fingerprint density at radius 1 is 0.900 bits per heavy atom. The van der Waals surface area contributed by atoms with Crippen molar-refractivity contribution >= 4 is 10.0 Å². The van der Waals surface area contributed by atoms with Gasteiger partial charge < -0.3 is 0 Å². The first-order chi connectivity index (χ1) is 14.4. The van der Waals surface area contributed by atoms with Crippen molar-refractivity contribution in [1.29, 1.82) is 0 Å². The highest BCUT2D eigenvalue weighted by Crippen LogP contribution is 2.14. The number of rotatable bonds is 17. The number of hydrogen-bond acceptors (Lipinski definition) is 2. The molecule has 3 nitrogen and oxygen atoms in total. The van der Waals surface area contributed by atoms with Crippen molar-refractivity contribution < 1.29 is 12.8 Å². The Labute approximate surface area is 184 Å². The minimum atomic E-state index is -3.70. The lowest BCUT2D eigenvalue weighted by atomic mass is 10.1. The zero-order valence-corrected chi connectivity index (χ0v) is 20.0. The molecule has 0 radical (unpaired) electrons. The third-order valence-corrected chi connectivity index (χ3v) is 7.02. The lowest BCUT2D eigenvalue weighted by molar-refractivity contribution is 0.337. The SMILES string of the molecule is CCCCCCCCCCCCC/C=C/[C@@H](F)[C@H](C)NS(=O)(=O)c1ccc(C)cc1. The third kappa shape index (κ3) is 11.8. The van der Waals surface area contributed by atoms with Crippen LogP contribution in [0.1, 0.15) is 96.5 Å². The van der Waals surface area contributed by atoms with Crippen LogP contribution in [0.5, 0.6) is 0 Å². The molecular weight excluding hydrogens is 397 g/mol. The zero-order chi connectivity index (χ0) is 22.2. The maximum Gasteiger partial charge on any atom is 0.240 e. The zero-order valence-electron chi connectivity index (χ0n) is 19.2. The van der Waals surface area contributed by atoms with Crippen LogP contribution in [-0.4, -0.2) is 20.6 Å². The number of unbranched alkanes of at least 4 members (excludes halogenated alkanes) is 11. The Morgan fingerprint density at radius 2 is 1.40 bits per heavy atom. The van der Waals surface area contributed by atoms with Crippen molar-refractivity contribution in [2.45, 2.75) is 115 Å². The van der Waals surface area contributed by atoms with Crippen molar-refractivity contribution in [3.8, 4) is 0 Å². The standard InChI is InChI=1S/C25H42FNO2S/c1-4-5-6-7-8-9-10-11-12-13-14-15-16-17-25(26)23(3)27-30(28,29)24-20-18-22(2)19-21-24/h16-21,23,25,27H,4-15H2,1-3H3/b17-16+/t23-,25+/m0/s1. The molecular formula is C25H42FNO2S. The van der Waals surface area contributed by atoms with Gasteiger partial charge in [0, 0.05) is 0 Å². The lowest BCUT2D eigenvalue weighted by Crippen LogP contribution is -2.38. The summed E-state index contributed by atoms with van der Waals surface area (Å²) in [6.07, 6.45) is 17.1. The van der Waals surface area contributed by atoms with E-state index < -0.39 is 22.2 Å². The van der Waals surface area contributed by atoms with Gasteiger partial charge in [-0.3, -0.25) is 0 Å². The van der Waals surface area contributed by atoms with E-state index in [0.717, 1.165) is 18.4 Å². The molecule has 0 aliphatic carbocycles. The summed E-state index contributed by atoms with van der Waals surface area (Å²) in [6.45, 7) is 5.70. The molecule has 1 rings (SSSR count). The second kappa shape index (κ2) is 15.6. The van der Waals surface area contributed by atoms with Crippen LogP contribution in [0.2, 0.25) is 0 Å². The number of allylic oxidation sites excluding steroid dienone is 1. The molecule has 0 amide bonds. The number of alkyl halides is 1. The van der Waals surface area contributed by atoms with E-state index >= 15 is 0 Å². The Morgan fingerprint density at radius 3 is 1.93 bits per heavy atom. The molecule has 0 unspecified atom stereocenters. The van der Waals surface area contributed by atoms with Crippen LogP contribution in [0.15, 0.2) is 41.3 Å². The summed E-state index contributed by atoms with van der Waals surface area (Å²) in [7, 11) is -3.70. The van der Waals surface area contributed by atoms with Gasteiger partial charge in [-0.1, -0.05) is 101 Å². The van der Waals surface area contributed by atoms with Crippen LogP contribution >= 0.6 is 0 Å². The van der Waals surface area contributed by atoms with E-state index in [-0.39, 0.29) is 4.90 Å². The number of aryl methyl sites for hydroxylation is 1. The fraction of sp³-hybridized carbons (Fsp3) is 0.680. The average Bonchev–Trinajstić information content (AvgIpc) is 2.71. The molecule has 0 spiro atoms. The third-order valence-electron chi connectivity index (χ3n) is 5.44. The monoisotopic (exact) mass is 439 g/mol. The Kier molecular flexibility index (Phi) is 13.9. The number of halogens is 1. The molecule has 0 bridgehead atoms. The number of sulfonamides is 1. The summed E-state index contributed by atoms with van der Waals surface area (Å²) in [4.78, 5) is 0.164. The summed E-state index contributed by atoms with van der Waals surface area (Å²) in [5.74, 6) is 0. The maximum absolute atomic E-state index is 14.3. The summed E-state index contributed by atoms with van der Waals surface area (Å²) >= 11 is 0. The van der Waals surface area contributed by atoms with Crippen molar-refractivity contribution in [1.82, 2.24) is 4.72 Å². The van der Waals surface area contributed by atoms with Crippen LogP contribution in [0, 0.1) is 6.92 Å². The van der Waals surface area contributed by atoms with Gasteiger partial charge in [-0.05, 0) is 38.8 Å². The van der Waals surface area contributed by atoms with E-state index in [1.807, 2.05) is 13.0 Å². The molecule has 172 valence electrons. The maximum atomic E-state index is 14.3. The minimum absolute atomic E-state index is 0.164. The molecule has 0 saturated heterocycles. The minimum Gasteiger partial charge on any atom is -0.241 e. The van der Waals surface area contributed by atoms with Gasteiger partial charge in [0.2, 0.25) is 10.0 Å². The predicted molar refractivity (Wildman–Crippen MR) is 126 cm³/mol. The van der Waals surface area contributed by atoms with Crippen LogP contribution in [-0.2, 0) is 10.0 Å². The molecule has 1 N–H and O–H groups in total. The van der Waals surface area contributed by atoms with Gasteiger partial charge in [0.1, 0.15) is 6.17 Å². The molecule has 0 heterocycles. The van der Waals surface area contributed by atoms with Crippen LogP contribution < -0.4 is 4.72 Å². The first-order valence-corrected chi connectivity index (χ1v) is 13.2. The normalized spacial score (nSPS) is 14.3. The fourth-order valence-electron chi connectivity index (χ4n) is 3.41. The van der Waals surface area contributed by atoms with Gasteiger partial charge in [0.15, 0.2) is 0 Å². The van der Waals surface area contributed by atoms with Crippen molar-refractivity contribution in [2.24, 2.45) is 0 Å². The van der Waals surface area contributed by atoms with E-state index in [4.69, 9.17) is 0 Å². The van der Waals surface area contributed by atoms with E-state index in [2.05, 4.69) is 11.6 Å². The second-order valence-electron chi connectivity index (χ2n) is 8.42. The first-order valence-electron chi connectivity index (χ1n) is 11.8. The molecule has 1 aromatic rings. The largest absolute Gasteiger partial charge is 0.241 e. The highest BCUT2D eigenvalue weighted by atomic mass is 32.2. The molecule has 0 aliphatic rings. The molecule has 30 heavy (non-hydrogen) atoms. The van der Waals surface area contributed by atoms with E-state index in [9.17, 15) is 12.8 Å². The number of nitrogens with one attached hydrogen (secondary N) is 1. The van der Waals surface area contributed by atoms with Crippen molar-refractivity contribution in [3.05, 3.63) is 42.0 Å². The highest BCUT2D eigenvalue weighted by Gasteiger charge is 2.21. The molecule has 1 aromatic carbocycles. The predicted octanol–water partition coefficient (Wildman–Crippen LogP) is 7.26. The van der Waals surface area contributed by atoms with Gasteiger partial charge in [-0.15, -0.1) is 0 Å². The summed E-state index contributed by atoms with van der Waals surface area (Å²) in [6, 6.07) is 5.75. The quantitative estimate of drug-likeness (QED) is 0.205. The van der Waals surface area contributed by atoms with Gasteiger partial charge >= 0.3 is 0 Å². The molecule has 0 fully saturated rings. The van der Waals surface area contributed by atoms with Crippen LogP contribution in [0.25, 0.3) is 0 Å². The summed E-state index contributed by atoms with van der Waals surface area (Å²) in [5.41, 5.74) is 0.982. The van der Waals surface area contributed by atoms with Crippen LogP contribution in [0.4, 0.5) is 4.39 Å². The smallest absolute Gasteiger partial charge is 0.240 e. The molecule has 0 aromatic heterocycles. The number of benzene rings is 1. The molecule has 0 saturated carbocycles. The Bertz CT molecular complexity index is 686. The topological polar surface area (TPSA) is 46.2 Å². The first kappa shape index (κ1) is 26.8. The molecule has 0 aliphatic heterocycles. The Hall–Kier alpha value is -1.20. The molecule has 2 atom stereocenters. The van der Waals surface area contributed by atoms with E-state index in [1.165, 1.54) is 70.3 Å². The second-order valence-corrected chi connectivity index (χ2v) is 10.1. The van der Waals surface area contributed by atoms with Gasteiger partial charge in [-0.25, -0.2) is 17.5 Å². The van der Waals surface area contributed by atoms with Crippen LogP contribution in [0.3, 0.4) is 0 Å². The van der Waals surface area contributed by atoms with Crippen molar-refractivity contribution in [3.63, 3.8) is 0 Å². The van der Waals surface area contributed by atoms with Crippen molar-refractivity contribution in [2.75, 3.05) is 0 Å². The fourth-order valence-corrected chi connectivity index (χ4v) is 4.66. The highest BCUT2D eigenvalue weighted by molar-refractivity contribution is 7.89. The van der Waals surface area contributed by atoms with Gasteiger partial charge in [0.05, 0.1) is 10.9 Å². The Balaban J connectivity index is 2.14. The van der Waals surface area contributed by atoms with Gasteiger partial charge in [-0.2, -0.15) is 0 Å². The molecule has 5 heteroatoms. The van der Waals surface area contributed by atoms with E-state index in [0.29, 0.717) is 0 Å². The average molecular weight is 440 g/mol. The lowest BCUT2D eigenvalue weighted by Gasteiger charge is -2.16. The summed E-state index contributed by atoms with van der Waals surface area (Å²) in [5, 5.41) is 0. The van der Waals surface area contributed by atoms with E-state index in [1.54, 1.807) is 31.2 Å².